The van der Waals surface area contributed by atoms with E-state index in [1.807, 2.05) is 44.7 Å². The van der Waals surface area contributed by atoms with Gasteiger partial charge in [0, 0.05) is 41.0 Å². The second-order valence-corrected chi connectivity index (χ2v) is 14.0. The molecule has 7 rings (SSSR count). The average Bonchev–Trinajstić information content (AvgIpc) is 3.69. The number of benzene rings is 2. The number of aryl methyl sites for hydroxylation is 1. The Morgan fingerprint density at radius 2 is 1.87 bits per heavy atom. The van der Waals surface area contributed by atoms with E-state index in [0.717, 1.165) is 48.7 Å². The fraction of sp³-hybridized carbons (Fsp3) is 0.515. The maximum Gasteiger partial charge on any atom is 0.410 e. The summed E-state index contributed by atoms with van der Waals surface area (Å²) in [5.74, 6) is 0.0252. The Morgan fingerprint density at radius 1 is 1.11 bits per heavy atom. The molecule has 0 spiro atoms. The lowest BCUT2D eigenvalue weighted by molar-refractivity contribution is 0.0122. The molecule has 45 heavy (non-hydrogen) atoms. The third-order valence-electron chi connectivity index (χ3n) is 9.39. The van der Waals surface area contributed by atoms with Crippen molar-refractivity contribution in [2.45, 2.75) is 77.1 Å². The zero-order chi connectivity index (χ0) is 31.6. The number of anilines is 1. The van der Waals surface area contributed by atoms with Crippen molar-refractivity contribution in [3.05, 3.63) is 40.8 Å². The maximum absolute atomic E-state index is 16.9. The summed E-state index contributed by atoms with van der Waals surface area (Å²) in [6.07, 6.45) is 5.23. The summed E-state index contributed by atoms with van der Waals surface area (Å²) < 4.78 is 28.8. The van der Waals surface area contributed by atoms with Crippen LogP contribution in [0, 0.1) is 12.7 Å². The molecule has 1 amide bonds. The molecule has 238 valence electrons. The van der Waals surface area contributed by atoms with Gasteiger partial charge in [0.15, 0.2) is 5.82 Å². The standard InChI is InChI=1S/C33H39ClFN7O3/c1-18-8-11-25-23(14-36-39-25)26(18)27-24(34)13-22-29(28(27)35)37-31(44-17-21-7-6-12-40(21)5)38-30(22)41-15-19-9-10-20(16-41)42(19)32(43)45-33(2,3)4/h8,11,13-14,19-21H,6-7,9-10,12,15-17H2,1-5H3,(H,36,39)/t19?,20?,21-/m0/s1. The van der Waals surface area contributed by atoms with E-state index in [4.69, 9.17) is 26.1 Å². The molecule has 2 aromatic heterocycles. The predicted molar refractivity (Wildman–Crippen MR) is 173 cm³/mol. The van der Waals surface area contributed by atoms with Crippen molar-refractivity contribution in [3.63, 3.8) is 0 Å². The number of fused-ring (bicyclic) bond motifs is 4. The van der Waals surface area contributed by atoms with Gasteiger partial charge in [-0.2, -0.15) is 15.1 Å². The summed E-state index contributed by atoms with van der Waals surface area (Å²) in [5.41, 5.74) is 2.17. The first-order chi connectivity index (χ1) is 21.5. The molecule has 3 saturated heterocycles. The van der Waals surface area contributed by atoms with Crippen molar-refractivity contribution in [1.29, 1.82) is 0 Å². The smallest absolute Gasteiger partial charge is 0.410 e. The number of aromatic nitrogens is 4. The van der Waals surface area contributed by atoms with Crippen LogP contribution in [0.15, 0.2) is 24.4 Å². The lowest BCUT2D eigenvalue weighted by Crippen LogP contribution is -2.57. The van der Waals surface area contributed by atoms with Crippen molar-refractivity contribution in [1.82, 2.24) is 30.0 Å². The Kier molecular flexibility index (Phi) is 7.51. The first kappa shape index (κ1) is 30.0. The van der Waals surface area contributed by atoms with Crippen molar-refractivity contribution >= 4 is 45.3 Å². The number of likely N-dealkylation sites (N-methyl/N-ethyl adjacent to an activating group) is 1. The van der Waals surface area contributed by atoms with E-state index in [-0.39, 0.29) is 46.3 Å². The van der Waals surface area contributed by atoms with Crippen LogP contribution in [0.1, 0.15) is 52.0 Å². The first-order valence-corrected chi connectivity index (χ1v) is 16.1. The van der Waals surface area contributed by atoms with Gasteiger partial charge in [0.05, 0.1) is 28.8 Å². The molecule has 2 aromatic carbocycles. The molecular weight excluding hydrogens is 597 g/mol. The van der Waals surface area contributed by atoms with Crippen LogP contribution in [0.4, 0.5) is 15.0 Å². The van der Waals surface area contributed by atoms with Gasteiger partial charge in [0.1, 0.15) is 23.5 Å². The van der Waals surface area contributed by atoms with E-state index in [9.17, 15) is 4.79 Å². The Labute approximate surface area is 266 Å². The Morgan fingerprint density at radius 3 is 2.56 bits per heavy atom. The first-order valence-electron chi connectivity index (χ1n) is 15.7. The molecule has 3 atom stereocenters. The van der Waals surface area contributed by atoms with Gasteiger partial charge in [0.2, 0.25) is 0 Å². The van der Waals surface area contributed by atoms with Gasteiger partial charge in [-0.15, -0.1) is 0 Å². The van der Waals surface area contributed by atoms with Crippen LogP contribution in [0.5, 0.6) is 6.01 Å². The number of halogens is 2. The quantitative estimate of drug-likeness (QED) is 0.271. The number of hydrogen-bond donors (Lipinski definition) is 1. The molecule has 2 unspecified atom stereocenters. The van der Waals surface area contributed by atoms with Crippen molar-refractivity contribution in [2.24, 2.45) is 0 Å². The highest BCUT2D eigenvalue weighted by molar-refractivity contribution is 6.35. The summed E-state index contributed by atoms with van der Waals surface area (Å²) >= 11 is 6.94. The lowest BCUT2D eigenvalue weighted by Gasteiger charge is -2.42. The summed E-state index contributed by atoms with van der Waals surface area (Å²) in [4.78, 5) is 28.9. The second-order valence-electron chi connectivity index (χ2n) is 13.6. The number of amides is 1. The zero-order valence-electron chi connectivity index (χ0n) is 26.4. The number of carbonyl (C=O) groups is 1. The maximum atomic E-state index is 16.9. The van der Waals surface area contributed by atoms with Crippen LogP contribution in [-0.4, -0.2) is 93.1 Å². The van der Waals surface area contributed by atoms with Gasteiger partial charge in [-0.1, -0.05) is 17.7 Å². The molecule has 2 bridgehead atoms. The topological polar surface area (TPSA) is 99.7 Å². The van der Waals surface area contributed by atoms with E-state index in [1.54, 1.807) is 12.3 Å². The van der Waals surface area contributed by atoms with E-state index in [0.29, 0.717) is 36.5 Å². The number of carbonyl (C=O) groups excluding carboxylic acids is 1. The Bertz CT molecular complexity index is 1780. The molecule has 1 N–H and O–H groups in total. The Hall–Kier alpha value is -3.70. The van der Waals surface area contributed by atoms with E-state index in [2.05, 4.69) is 32.0 Å². The van der Waals surface area contributed by atoms with Gasteiger partial charge < -0.3 is 19.3 Å². The third-order valence-corrected chi connectivity index (χ3v) is 9.69. The van der Waals surface area contributed by atoms with E-state index in [1.165, 1.54) is 0 Å². The molecular formula is C33H39ClFN7O3. The van der Waals surface area contributed by atoms with Crippen LogP contribution in [0.2, 0.25) is 5.02 Å². The summed E-state index contributed by atoms with van der Waals surface area (Å²) in [5, 5.41) is 8.70. The van der Waals surface area contributed by atoms with Crippen LogP contribution in [0.25, 0.3) is 32.9 Å². The minimum absolute atomic E-state index is 0.0546. The van der Waals surface area contributed by atoms with Gasteiger partial charge in [0.25, 0.3) is 0 Å². The lowest BCUT2D eigenvalue weighted by atomic mass is 9.95. The van der Waals surface area contributed by atoms with Crippen LogP contribution < -0.4 is 9.64 Å². The van der Waals surface area contributed by atoms with Crippen LogP contribution in [-0.2, 0) is 4.74 Å². The van der Waals surface area contributed by atoms with Gasteiger partial charge in [-0.25, -0.2) is 9.18 Å². The second kappa shape index (κ2) is 11.3. The molecule has 0 radical (unpaired) electrons. The van der Waals surface area contributed by atoms with Crippen molar-refractivity contribution in [2.75, 3.05) is 38.2 Å². The summed E-state index contributed by atoms with van der Waals surface area (Å²) in [7, 11) is 2.08. The van der Waals surface area contributed by atoms with Crippen LogP contribution in [0.3, 0.4) is 0 Å². The number of rotatable bonds is 5. The highest BCUT2D eigenvalue weighted by atomic mass is 35.5. The number of nitrogens with one attached hydrogen (secondary N) is 1. The molecule has 5 heterocycles. The van der Waals surface area contributed by atoms with Crippen molar-refractivity contribution < 1.29 is 18.7 Å². The highest BCUT2D eigenvalue weighted by Crippen LogP contribution is 2.43. The number of ether oxygens (including phenoxy) is 2. The number of nitrogens with zero attached hydrogens (tertiary/aromatic N) is 6. The third kappa shape index (κ3) is 5.43. The largest absolute Gasteiger partial charge is 0.462 e. The number of piperazine rings is 1. The summed E-state index contributed by atoms with van der Waals surface area (Å²) in [6.45, 7) is 10.0. The van der Waals surface area contributed by atoms with Gasteiger partial charge in [-0.3, -0.25) is 10.00 Å². The minimum Gasteiger partial charge on any atom is -0.462 e. The average molecular weight is 636 g/mol. The zero-order valence-corrected chi connectivity index (χ0v) is 27.1. The fourth-order valence-corrected chi connectivity index (χ4v) is 7.49. The minimum atomic E-state index is -0.582. The normalized spacial score (nSPS) is 22.2. The predicted octanol–water partition coefficient (Wildman–Crippen LogP) is 6.34. The molecule has 0 aliphatic carbocycles. The number of aromatic amines is 1. The number of hydrogen-bond acceptors (Lipinski definition) is 8. The highest BCUT2D eigenvalue weighted by Gasteiger charge is 2.45. The van der Waals surface area contributed by atoms with Crippen LogP contribution >= 0.6 is 11.6 Å². The SMILES string of the molecule is Cc1ccc2[nH]ncc2c1-c1c(Cl)cc2c(N3CC4CCC(C3)N4C(=O)OC(C)(C)C)nc(OC[C@@H]3CCCN3C)nc2c1F. The number of likely N-dealkylation sites (tertiary alicyclic amines) is 1. The van der Waals surface area contributed by atoms with E-state index >= 15 is 4.39 Å². The molecule has 12 heteroatoms. The molecule has 3 aliphatic heterocycles. The molecule has 3 aliphatic rings. The number of H-pyrrole nitrogens is 1. The monoisotopic (exact) mass is 635 g/mol. The van der Waals surface area contributed by atoms with Gasteiger partial charge in [-0.05, 0) is 84.7 Å². The van der Waals surface area contributed by atoms with E-state index < -0.39 is 11.4 Å². The van der Waals surface area contributed by atoms with Crippen molar-refractivity contribution in [3.8, 4) is 17.1 Å². The molecule has 10 nitrogen and oxygen atoms in total. The molecule has 3 fully saturated rings. The molecule has 4 aromatic rings. The summed E-state index contributed by atoms with van der Waals surface area (Å²) in [6, 6.07) is 5.87. The Balaban J connectivity index is 1.32. The fourth-order valence-electron chi connectivity index (χ4n) is 7.20. The van der Waals surface area contributed by atoms with Gasteiger partial charge >= 0.3 is 12.1 Å². The molecule has 0 saturated carbocycles.